The summed E-state index contributed by atoms with van der Waals surface area (Å²) >= 11 is 2.74. The van der Waals surface area contributed by atoms with E-state index >= 15 is 0 Å². The summed E-state index contributed by atoms with van der Waals surface area (Å²) in [5.74, 6) is 1.55. The van der Waals surface area contributed by atoms with Crippen LogP contribution in [0.5, 0.6) is 11.5 Å². The van der Waals surface area contributed by atoms with Crippen molar-refractivity contribution < 1.29 is 19.0 Å². The summed E-state index contributed by atoms with van der Waals surface area (Å²) in [6.45, 7) is 6.32. The summed E-state index contributed by atoms with van der Waals surface area (Å²) < 4.78 is 17.7. The van der Waals surface area contributed by atoms with Crippen LogP contribution in [0.25, 0.3) is 10.2 Å². The fraction of sp³-hybridized carbons (Fsp3) is 0.321. The zero-order valence-electron chi connectivity index (χ0n) is 21.6. The van der Waals surface area contributed by atoms with Crippen molar-refractivity contribution in [2.24, 2.45) is 0 Å². The molecule has 2 heterocycles. The molecule has 0 aliphatic heterocycles. The quantitative estimate of drug-likeness (QED) is 0.143. The number of aryl methyl sites for hydroxylation is 3. The highest BCUT2D eigenvalue weighted by Gasteiger charge is 2.22. The first kappa shape index (κ1) is 26.8. The number of methoxy groups -OCH3 is 2. The number of benzene rings is 2. The molecule has 0 aliphatic rings. The van der Waals surface area contributed by atoms with Gasteiger partial charge in [0.1, 0.15) is 9.71 Å². The predicted molar refractivity (Wildman–Crippen MR) is 149 cm³/mol. The summed E-state index contributed by atoms with van der Waals surface area (Å²) in [6, 6.07) is 13.9. The molecule has 9 heteroatoms. The summed E-state index contributed by atoms with van der Waals surface area (Å²) in [5.41, 5.74) is 3.84. The van der Waals surface area contributed by atoms with E-state index in [0.29, 0.717) is 56.0 Å². The van der Waals surface area contributed by atoms with Crippen molar-refractivity contribution in [2.75, 3.05) is 20.8 Å². The molecule has 2 aromatic carbocycles. The molecule has 7 nitrogen and oxygen atoms in total. The first-order valence-electron chi connectivity index (χ1n) is 12.0. The van der Waals surface area contributed by atoms with Crippen LogP contribution >= 0.6 is 23.1 Å². The average Bonchev–Trinajstić information content (AvgIpc) is 3.24. The lowest BCUT2D eigenvalue weighted by atomic mass is 10.1. The Balaban J connectivity index is 1.74. The third kappa shape index (κ3) is 5.67. The van der Waals surface area contributed by atoms with E-state index in [1.807, 2.05) is 30.3 Å². The van der Waals surface area contributed by atoms with Crippen LogP contribution in [0.1, 0.15) is 38.8 Å². The van der Waals surface area contributed by atoms with Gasteiger partial charge in [-0.05, 0) is 61.6 Å². The van der Waals surface area contributed by atoms with Crippen molar-refractivity contribution in [3.63, 3.8) is 0 Å². The van der Waals surface area contributed by atoms with Crippen LogP contribution in [-0.4, -0.2) is 36.3 Å². The van der Waals surface area contributed by atoms with Gasteiger partial charge in [0.05, 0.1) is 26.2 Å². The number of thioether (sulfide) groups is 1. The molecule has 0 aliphatic carbocycles. The minimum absolute atomic E-state index is 0.151. The number of carbonyl (C=O) groups is 1. The van der Waals surface area contributed by atoms with Crippen LogP contribution in [0.2, 0.25) is 0 Å². The third-order valence-electron chi connectivity index (χ3n) is 6.17. The molecular weight excluding hydrogens is 508 g/mol. The lowest BCUT2D eigenvalue weighted by Gasteiger charge is -2.14. The Morgan fingerprint density at radius 3 is 2.54 bits per heavy atom. The van der Waals surface area contributed by atoms with E-state index < -0.39 is 5.97 Å². The Morgan fingerprint density at radius 1 is 1.08 bits per heavy atom. The van der Waals surface area contributed by atoms with E-state index in [0.717, 1.165) is 5.56 Å². The number of hydrogen-bond acceptors (Lipinski definition) is 8. The second-order valence-electron chi connectivity index (χ2n) is 8.46. The molecule has 0 amide bonds. The molecule has 0 atom stereocenters. The van der Waals surface area contributed by atoms with E-state index in [1.54, 1.807) is 32.6 Å². The Bertz CT molecular complexity index is 1490. The van der Waals surface area contributed by atoms with E-state index in [2.05, 4.69) is 19.1 Å². The van der Waals surface area contributed by atoms with Gasteiger partial charge in [-0.15, -0.1) is 11.3 Å². The molecule has 0 N–H and O–H groups in total. The molecule has 0 bridgehead atoms. The van der Waals surface area contributed by atoms with Gasteiger partial charge in [-0.1, -0.05) is 42.1 Å². The fourth-order valence-corrected chi connectivity index (χ4v) is 6.31. The van der Waals surface area contributed by atoms with Crippen molar-refractivity contribution in [3.8, 4) is 11.5 Å². The zero-order chi connectivity index (χ0) is 26.5. The molecule has 37 heavy (non-hydrogen) atoms. The van der Waals surface area contributed by atoms with Crippen LogP contribution in [-0.2, 0) is 23.5 Å². The summed E-state index contributed by atoms with van der Waals surface area (Å²) in [5, 5.41) is 1.10. The molecule has 0 radical (unpaired) electrons. The van der Waals surface area contributed by atoms with Gasteiger partial charge >= 0.3 is 5.97 Å². The molecule has 0 saturated carbocycles. The number of carbonyl (C=O) groups excluding carboxylic acids is 1. The Kier molecular flexibility index (Phi) is 8.56. The molecule has 2 aromatic heterocycles. The number of thiophene rings is 1. The first-order chi connectivity index (χ1) is 17.9. The summed E-state index contributed by atoms with van der Waals surface area (Å²) in [6.07, 6.45) is 0.597. The first-order valence-corrected chi connectivity index (χ1v) is 13.8. The molecule has 0 saturated heterocycles. The number of aromatic nitrogens is 2. The third-order valence-corrected chi connectivity index (χ3v) is 8.36. The van der Waals surface area contributed by atoms with E-state index in [9.17, 15) is 9.59 Å². The van der Waals surface area contributed by atoms with Crippen LogP contribution < -0.4 is 15.0 Å². The van der Waals surface area contributed by atoms with Gasteiger partial charge < -0.3 is 14.2 Å². The fourth-order valence-electron chi connectivity index (χ4n) is 4.09. The van der Waals surface area contributed by atoms with E-state index in [1.165, 1.54) is 34.2 Å². The van der Waals surface area contributed by atoms with Crippen LogP contribution in [0.15, 0.2) is 52.4 Å². The standard InChI is InChI=1S/C28H30N2O5S2/c1-6-35-27(32)24-18(3)23-25(37-24)29-28(36-16-20-10-8-7-9-17(20)2)30(26(23)31)14-13-19-11-12-21(33-4)22(15-19)34-5/h7-12,15H,6,13-14,16H2,1-5H3. The minimum atomic E-state index is -0.423. The maximum absolute atomic E-state index is 13.8. The highest BCUT2D eigenvalue weighted by Crippen LogP contribution is 2.32. The molecule has 0 spiro atoms. The van der Waals surface area contributed by atoms with Gasteiger partial charge in [0.25, 0.3) is 5.56 Å². The maximum Gasteiger partial charge on any atom is 0.348 e. The van der Waals surface area contributed by atoms with Crippen LogP contribution in [0.4, 0.5) is 0 Å². The summed E-state index contributed by atoms with van der Waals surface area (Å²) in [4.78, 5) is 32.2. The average molecular weight is 539 g/mol. The molecule has 4 rings (SSSR count). The highest BCUT2D eigenvalue weighted by atomic mass is 32.2. The van der Waals surface area contributed by atoms with E-state index in [4.69, 9.17) is 19.2 Å². The van der Waals surface area contributed by atoms with Crippen molar-refractivity contribution in [2.45, 2.75) is 44.6 Å². The number of esters is 1. The second kappa shape index (κ2) is 11.8. The normalized spacial score (nSPS) is 11.1. The van der Waals surface area contributed by atoms with E-state index in [-0.39, 0.29) is 12.2 Å². The molecule has 4 aromatic rings. The number of rotatable bonds is 10. The van der Waals surface area contributed by atoms with Gasteiger partial charge in [0.2, 0.25) is 0 Å². The second-order valence-corrected chi connectivity index (χ2v) is 10.4. The zero-order valence-corrected chi connectivity index (χ0v) is 23.3. The van der Waals surface area contributed by atoms with Crippen molar-refractivity contribution in [1.29, 1.82) is 0 Å². The lowest BCUT2D eigenvalue weighted by Crippen LogP contribution is -2.24. The number of ether oxygens (including phenoxy) is 3. The van der Waals surface area contributed by atoms with Crippen molar-refractivity contribution in [1.82, 2.24) is 9.55 Å². The topological polar surface area (TPSA) is 79.7 Å². The maximum atomic E-state index is 13.8. The van der Waals surface area contributed by atoms with Crippen LogP contribution in [0.3, 0.4) is 0 Å². The Labute approximate surface area is 224 Å². The molecule has 194 valence electrons. The van der Waals surface area contributed by atoms with Gasteiger partial charge in [-0.3, -0.25) is 9.36 Å². The van der Waals surface area contributed by atoms with Gasteiger partial charge in [-0.2, -0.15) is 0 Å². The van der Waals surface area contributed by atoms with Crippen molar-refractivity contribution >= 4 is 39.3 Å². The largest absolute Gasteiger partial charge is 0.493 e. The smallest absolute Gasteiger partial charge is 0.348 e. The SMILES string of the molecule is CCOC(=O)c1sc2nc(SCc3ccccc3C)n(CCc3ccc(OC)c(OC)c3)c(=O)c2c1C. The lowest BCUT2D eigenvalue weighted by molar-refractivity contribution is 0.0531. The van der Waals surface area contributed by atoms with Crippen molar-refractivity contribution in [3.05, 3.63) is 79.9 Å². The monoisotopic (exact) mass is 538 g/mol. The summed E-state index contributed by atoms with van der Waals surface area (Å²) in [7, 11) is 3.20. The number of fused-ring (bicyclic) bond motifs is 1. The minimum Gasteiger partial charge on any atom is -0.493 e. The Morgan fingerprint density at radius 2 is 1.84 bits per heavy atom. The highest BCUT2D eigenvalue weighted by molar-refractivity contribution is 7.98. The number of nitrogens with zero attached hydrogens (tertiary/aromatic N) is 2. The molecule has 0 fully saturated rings. The van der Waals surface area contributed by atoms with Crippen LogP contribution in [0, 0.1) is 13.8 Å². The molecular formula is C28H30N2O5S2. The number of hydrogen-bond donors (Lipinski definition) is 0. The van der Waals surface area contributed by atoms with Gasteiger partial charge in [0.15, 0.2) is 16.7 Å². The van der Waals surface area contributed by atoms with Gasteiger partial charge in [-0.25, -0.2) is 9.78 Å². The molecule has 0 unspecified atom stereocenters. The van der Waals surface area contributed by atoms with Gasteiger partial charge in [0, 0.05) is 12.3 Å². The Hall–Kier alpha value is -3.30. The predicted octanol–water partition coefficient (Wildman–Crippen LogP) is 5.80.